The molecule has 1 N–H and O–H groups in total. The van der Waals surface area contributed by atoms with Crippen LogP contribution in [0.5, 0.6) is 0 Å². The number of amides is 1. The summed E-state index contributed by atoms with van der Waals surface area (Å²) in [6.45, 7) is 2.23. The van der Waals surface area contributed by atoms with Crippen LogP contribution in [-0.4, -0.2) is 11.4 Å². The van der Waals surface area contributed by atoms with Crippen LogP contribution >= 0.6 is 0 Å². The van der Waals surface area contributed by atoms with Crippen LogP contribution < -0.4 is 5.32 Å². The van der Waals surface area contributed by atoms with Crippen molar-refractivity contribution in [2.45, 2.75) is 63.8 Å². The lowest BCUT2D eigenvalue weighted by Gasteiger charge is -2.45. The van der Waals surface area contributed by atoms with Crippen LogP contribution in [0.3, 0.4) is 0 Å². The first kappa shape index (κ1) is 11.7. The third-order valence-electron chi connectivity index (χ3n) is 4.12. The monoisotopic (exact) mass is 221 g/mol. The molecule has 2 heteroatoms. The van der Waals surface area contributed by atoms with Crippen LogP contribution in [0.2, 0.25) is 0 Å². The van der Waals surface area contributed by atoms with E-state index in [1.807, 2.05) is 0 Å². The van der Waals surface area contributed by atoms with Gasteiger partial charge in [0.2, 0.25) is 5.91 Å². The maximum atomic E-state index is 11.6. The molecule has 0 aromatic carbocycles. The number of allylic oxidation sites excluding steroid dienone is 1. The molecule has 2 aliphatic rings. The van der Waals surface area contributed by atoms with Gasteiger partial charge in [0, 0.05) is 12.0 Å². The number of carbonyl (C=O) groups excluding carboxylic acids is 1. The van der Waals surface area contributed by atoms with Crippen molar-refractivity contribution in [3.05, 3.63) is 12.2 Å². The Morgan fingerprint density at radius 1 is 1.50 bits per heavy atom. The molecule has 0 radical (unpaired) electrons. The summed E-state index contributed by atoms with van der Waals surface area (Å²) in [5, 5.41) is 3.30. The van der Waals surface area contributed by atoms with E-state index in [0.29, 0.717) is 5.92 Å². The summed E-state index contributed by atoms with van der Waals surface area (Å²) in [5.41, 5.74) is 0.110. The summed E-state index contributed by atoms with van der Waals surface area (Å²) >= 11 is 0. The molecular weight excluding hydrogens is 198 g/mol. The maximum absolute atomic E-state index is 11.6. The Hall–Kier alpha value is -0.790. The Balaban J connectivity index is 2.09. The van der Waals surface area contributed by atoms with Crippen LogP contribution in [-0.2, 0) is 4.79 Å². The van der Waals surface area contributed by atoms with Crippen molar-refractivity contribution in [3.63, 3.8) is 0 Å². The minimum atomic E-state index is 0.110. The van der Waals surface area contributed by atoms with Crippen molar-refractivity contribution in [2.24, 2.45) is 5.92 Å². The van der Waals surface area contributed by atoms with Gasteiger partial charge >= 0.3 is 0 Å². The van der Waals surface area contributed by atoms with E-state index in [1.54, 1.807) is 0 Å². The first-order chi connectivity index (χ1) is 7.77. The average molecular weight is 221 g/mol. The standard InChI is InChI=1S/C14H23NO/c1-2-3-7-12-8-4-5-10-14(12)11-6-9-13(16)15-14/h4,8,12H,2-3,5-7,9-11H2,1H3,(H,15,16)/t12-,14-/m1/s1. The van der Waals surface area contributed by atoms with Gasteiger partial charge in [0.25, 0.3) is 0 Å². The second-order valence-electron chi connectivity index (χ2n) is 5.27. The Morgan fingerprint density at radius 2 is 2.38 bits per heavy atom. The molecule has 0 saturated carbocycles. The van der Waals surface area contributed by atoms with E-state index in [0.717, 1.165) is 25.7 Å². The zero-order valence-electron chi connectivity index (χ0n) is 10.3. The van der Waals surface area contributed by atoms with Crippen molar-refractivity contribution in [1.29, 1.82) is 0 Å². The minimum Gasteiger partial charge on any atom is -0.350 e. The fraction of sp³-hybridized carbons (Fsp3) is 0.786. The van der Waals surface area contributed by atoms with Gasteiger partial charge in [0.15, 0.2) is 0 Å². The largest absolute Gasteiger partial charge is 0.350 e. The molecule has 1 amide bonds. The molecule has 2 rings (SSSR count). The molecule has 90 valence electrons. The van der Waals surface area contributed by atoms with Gasteiger partial charge in [0.1, 0.15) is 0 Å². The van der Waals surface area contributed by atoms with E-state index in [1.165, 1.54) is 25.7 Å². The minimum absolute atomic E-state index is 0.110. The summed E-state index contributed by atoms with van der Waals surface area (Å²) in [6.07, 6.45) is 13.6. The normalized spacial score (nSPS) is 34.1. The van der Waals surface area contributed by atoms with Gasteiger partial charge in [-0.15, -0.1) is 0 Å². The highest BCUT2D eigenvalue weighted by atomic mass is 16.1. The fourth-order valence-corrected chi connectivity index (χ4v) is 3.20. The van der Waals surface area contributed by atoms with E-state index in [2.05, 4.69) is 24.4 Å². The Kier molecular flexibility index (Phi) is 3.67. The Labute approximate surface area is 98.5 Å². The van der Waals surface area contributed by atoms with Crippen LogP contribution in [0.15, 0.2) is 12.2 Å². The zero-order chi connectivity index (χ0) is 11.4. The second kappa shape index (κ2) is 5.03. The van der Waals surface area contributed by atoms with E-state index in [4.69, 9.17) is 0 Å². The number of piperidine rings is 1. The molecule has 2 atom stereocenters. The number of nitrogens with one attached hydrogen (secondary N) is 1. The smallest absolute Gasteiger partial charge is 0.220 e. The number of rotatable bonds is 3. The Morgan fingerprint density at radius 3 is 3.12 bits per heavy atom. The van der Waals surface area contributed by atoms with Crippen molar-refractivity contribution in [1.82, 2.24) is 5.32 Å². The maximum Gasteiger partial charge on any atom is 0.220 e. The third kappa shape index (κ3) is 2.31. The molecule has 0 unspecified atom stereocenters. The predicted octanol–water partition coefficient (Wildman–Crippen LogP) is 3.18. The fourth-order valence-electron chi connectivity index (χ4n) is 3.20. The van der Waals surface area contributed by atoms with Crippen LogP contribution in [0, 0.1) is 5.92 Å². The highest BCUT2D eigenvalue weighted by Gasteiger charge is 2.41. The quantitative estimate of drug-likeness (QED) is 0.729. The lowest BCUT2D eigenvalue weighted by molar-refractivity contribution is -0.126. The zero-order valence-corrected chi connectivity index (χ0v) is 10.3. The number of hydrogen-bond donors (Lipinski definition) is 1. The van der Waals surface area contributed by atoms with Crippen LogP contribution in [0.25, 0.3) is 0 Å². The first-order valence-electron chi connectivity index (χ1n) is 6.74. The van der Waals surface area contributed by atoms with Gasteiger partial charge in [-0.3, -0.25) is 4.79 Å². The van der Waals surface area contributed by atoms with Crippen molar-refractivity contribution >= 4 is 5.91 Å². The lowest BCUT2D eigenvalue weighted by atomic mass is 9.70. The molecule has 0 aromatic rings. The van der Waals surface area contributed by atoms with Crippen molar-refractivity contribution in [3.8, 4) is 0 Å². The van der Waals surface area contributed by atoms with Crippen LogP contribution in [0.1, 0.15) is 58.3 Å². The van der Waals surface area contributed by atoms with Gasteiger partial charge in [0.05, 0.1) is 0 Å². The van der Waals surface area contributed by atoms with E-state index < -0.39 is 0 Å². The summed E-state index contributed by atoms with van der Waals surface area (Å²) in [5.74, 6) is 0.841. The van der Waals surface area contributed by atoms with Crippen molar-refractivity contribution in [2.75, 3.05) is 0 Å². The summed E-state index contributed by atoms with van der Waals surface area (Å²) in [7, 11) is 0. The SMILES string of the molecule is CCCC[C@@H]1C=CCC[C@@]12CCCC(=O)N2. The van der Waals surface area contributed by atoms with Crippen molar-refractivity contribution < 1.29 is 4.79 Å². The molecule has 16 heavy (non-hydrogen) atoms. The third-order valence-corrected chi connectivity index (χ3v) is 4.12. The number of carbonyl (C=O) groups is 1. The Bertz CT molecular complexity index is 284. The van der Waals surface area contributed by atoms with E-state index in [-0.39, 0.29) is 11.4 Å². The summed E-state index contributed by atoms with van der Waals surface area (Å²) < 4.78 is 0. The molecule has 0 bridgehead atoms. The number of unbranched alkanes of at least 4 members (excludes halogenated alkanes) is 1. The highest BCUT2D eigenvalue weighted by Crippen LogP contribution is 2.38. The molecule has 0 aromatic heterocycles. The summed E-state index contributed by atoms with van der Waals surface area (Å²) in [4.78, 5) is 11.6. The molecule has 1 fully saturated rings. The first-order valence-corrected chi connectivity index (χ1v) is 6.74. The molecular formula is C14H23NO. The summed E-state index contributed by atoms with van der Waals surface area (Å²) in [6, 6.07) is 0. The molecule has 1 saturated heterocycles. The lowest BCUT2D eigenvalue weighted by Crippen LogP contribution is -2.56. The van der Waals surface area contributed by atoms with Gasteiger partial charge in [-0.05, 0) is 38.0 Å². The number of hydrogen-bond acceptors (Lipinski definition) is 1. The molecule has 2 nitrogen and oxygen atoms in total. The predicted molar refractivity (Wildman–Crippen MR) is 66.1 cm³/mol. The van der Waals surface area contributed by atoms with Crippen LogP contribution in [0.4, 0.5) is 0 Å². The second-order valence-corrected chi connectivity index (χ2v) is 5.27. The molecule has 1 heterocycles. The van der Waals surface area contributed by atoms with E-state index >= 15 is 0 Å². The van der Waals surface area contributed by atoms with E-state index in [9.17, 15) is 4.79 Å². The topological polar surface area (TPSA) is 29.1 Å². The van der Waals surface area contributed by atoms with Gasteiger partial charge in [-0.2, -0.15) is 0 Å². The van der Waals surface area contributed by atoms with Gasteiger partial charge in [-0.25, -0.2) is 0 Å². The molecule has 1 aliphatic carbocycles. The molecule has 1 spiro atoms. The molecule has 1 aliphatic heterocycles. The average Bonchev–Trinajstić information content (AvgIpc) is 2.28. The highest BCUT2D eigenvalue weighted by molar-refractivity contribution is 5.77. The van der Waals surface area contributed by atoms with Gasteiger partial charge < -0.3 is 5.32 Å². The van der Waals surface area contributed by atoms with Gasteiger partial charge in [-0.1, -0.05) is 31.9 Å².